The lowest BCUT2D eigenvalue weighted by Crippen LogP contribution is -2.42. The highest BCUT2D eigenvalue weighted by Gasteiger charge is 2.29. The van der Waals surface area contributed by atoms with Crippen LogP contribution in [0.25, 0.3) is 16.8 Å². The van der Waals surface area contributed by atoms with Gasteiger partial charge in [-0.3, -0.25) is 4.79 Å². The molecule has 2 atom stereocenters. The predicted octanol–water partition coefficient (Wildman–Crippen LogP) is 6.65. The molecule has 246 valence electrons. The number of piperidine rings is 1. The lowest BCUT2D eigenvalue weighted by atomic mass is 9.83. The predicted molar refractivity (Wildman–Crippen MR) is 182 cm³/mol. The smallest absolute Gasteiger partial charge is 0.345 e. The van der Waals surface area contributed by atoms with Gasteiger partial charge in [-0.15, -0.1) is 0 Å². The van der Waals surface area contributed by atoms with Crippen molar-refractivity contribution in [3.05, 3.63) is 100 Å². The number of methoxy groups -OCH3 is 1. The SMILES string of the molecule is CCOC(=O)c1cnn(-c2cccc(-c3cccc4c3[C@@H](Cc3ccc(C5CCN(C(=O)[C@H](C)O)CC5)c(CC)c3)CC4)c2)c1OC. The quantitative estimate of drug-likeness (QED) is 0.196. The Morgan fingerprint density at radius 3 is 2.53 bits per heavy atom. The number of amides is 1. The number of aliphatic hydroxyl groups excluding tert-OH is 1. The summed E-state index contributed by atoms with van der Waals surface area (Å²) in [5, 5.41) is 14.2. The van der Waals surface area contributed by atoms with Crippen molar-refractivity contribution in [2.24, 2.45) is 0 Å². The number of hydrogen-bond acceptors (Lipinski definition) is 6. The first-order valence-electron chi connectivity index (χ1n) is 16.9. The molecular formula is C39H45N3O5. The minimum absolute atomic E-state index is 0.165. The van der Waals surface area contributed by atoms with E-state index in [1.54, 1.807) is 23.4 Å². The van der Waals surface area contributed by atoms with Gasteiger partial charge in [0.25, 0.3) is 5.91 Å². The van der Waals surface area contributed by atoms with E-state index in [0.717, 1.165) is 49.8 Å². The van der Waals surface area contributed by atoms with Gasteiger partial charge in [-0.05, 0) is 115 Å². The second-order valence-corrected chi connectivity index (χ2v) is 12.7. The van der Waals surface area contributed by atoms with Crippen LogP contribution in [0.3, 0.4) is 0 Å². The Hall–Kier alpha value is -4.43. The van der Waals surface area contributed by atoms with Gasteiger partial charge in [-0.25, -0.2) is 9.48 Å². The Morgan fingerprint density at radius 1 is 1.02 bits per heavy atom. The number of aliphatic hydroxyl groups is 1. The maximum absolute atomic E-state index is 12.5. The molecule has 1 fully saturated rings. The van der Waals surface area contributed by atoms with Crippen molar-refractivity contribution in [1.82, 2.24) is 14.7 Å². The van der Waals surface area contributed by atoms with Crippen LogP contribution in [-0.4, -0.2) is 64.6 Å². The Labute approximate surface area is 277 Å². The third-order valence-corrected chi connectivity index (χ3v) is 9.86. The van der Waals surface area contributed by atoms with Crippen LogP contribution in [0.4, 0.5) is 0 Å². The summed E-state index contributed by atoms with van der Waals surface area (Å²) in [5.74, 6) is 0.575. The van der Waals surface area contributed by atoms with E-state index in [9.17, 15) is 14.7 Å². The molecule has 1 aliphatic carbocycles. The zero-order valence-corrected chi connectivity index (χ0v) is 27.9. The van der Waals surface area contributed by atoms with E-state index < -0.39 is 12.1 Å². The molecule has 1 amide bonds. The summed E-state index contributed by atoms with van der Waals surface area (Å²) >= 11 is 0. The fourth-order valence-corrected chi connectivity index (χ4v) is 7.56. The molecule has 4 aromatic rings. The van der Waals surface area contributed by atoms with Gasteiger partial charge in [0.15, 0.2) is 0 Å². The molecule has 2 aliphatic rings. The molecule has 47 heavy (non-hydrogen) atoms. The Morgan fingerprint density at radius 2 is 1.81 bits per heavy atom. The number of ether oxygens (including phenoxy) is 2. The number of hydrogen-bond donors (Lipinski definition) is 1. The molecule has 1 N–H and O–H groups in total. The molecule has 0 bridgehead atoms. The van der Waals surface area contributed by atoms with Crippen molar-refractivity contribution in [3.63, 3.8) is 0 Å². The van der Waals surface area contributed by atoms with Gasteiger partial charge >= 0.3 is 5.97 Å². The topological polar surface area (TPSA) is 93.9 Å². The van der Waals surface area contributed by atoms with Crippen molar-refractivity contribution in [1.29, 1.82) is 0 Å². The van der Waals surface area contributed by atoms with Crippen LogP contribution >= 0.6 is 0 Å². The number of benzene rings is 3. The molecule has 1 aromatic heterocycles. The van der Waals surface area contributed by atoms with Crippen LogP contribution in [-0.2, 0) is 28.8 Å². The van der Waals surface area contributed by atoms with Gasteiger partial charge < -0.3 is 19.5 Å². The van der Waals surface area contributed by atoms with E-state index in [-0.39, 0.29) is 12.5 Å². The molecular weight excluding hydrogens is 590 g/mol. The fraction of sp³-hybridized carbons (Fsp3) is 0.410. The van der Waals surface area contributed by atoms with Crippen LogP contribution < -0.4 is 4.74 Å². The van der Waals surface area contributed by atoms with Crippen molar-refractivity contribution in [2.75, 3.05) is 26.8 Å². The van der Waals surface area contributed by atoms with E-state index in [1.165, 1.54) is 46.7 Å². The Balaban J connectivity index is 1.24. The standard InChI is InChI=1S/C39H45N3O5/c1-5-27-21-26(13-16-33(27)28-17-19-41(20-18-28)37(44)25(3)43)22-31-15-14-29-9-8-12-34(36(29)31)30-10-7-11-32(23-30)42-38(46-4)35(24-40-42)39(45)47-6-2/h7-13,16,21,23-25,28,31,43H,5-6,14-15,17-20,22H2,1-4H3/t25-,31+/m0/s1. The minimum atomic E-state index is -0.937. The highest BCUT2D eigenvalue weighted by atomic mass is 16.5. The van der Waals surface area contributed by atoms with Gasteiger partial charge in [0.05, 0.1) is 25.6 Å². The van der Waals surface area contributed by atoms with Crippen LogP contribution in [0.15, 0.2) is 66.9 Å². The van der Waals surface area contributed by atoms with Crippen molar-refractivity contribution >= 4 is 11.9 Å². The van der Waals surface area contributed by atoms with Gasteiger partial charge in [0.1, 0.15) is 11.7 Å². The first-order valence-corrected chi connectivity index (χ1v) is 16.9. The molecule has 0 saturated carbocycles. The Kier molecular flexibility index (Phi) is 9.78. The third-order valence-electron chi connectivity index (χ3n) is 9.86. The normalized spacial score (nSPS) is 17.0. The lowest BCUT2D eigenvalue weighted by molar-refractivity contribution is -0.140. The molecule has 8 heteroatoms. The first kappa shape index (κ1) is 32.5. The van der Waals surface area contributed by atoms with E-state index in [1.807, 2.05) is 12.1 Å². The van der Waals surface area contributed by atoms with E-state index >= 15 is 0 Å². The zero-order valence-electron chi connectivity index (χ0n) is 27.9. The fourth-order valence-electron chi connectivity index (χ4n) is 7.56. The number of aromatic nitrogens is 2. The Bertz CT molecular complexity index is 1750. The van der Waals surface area contributed by atoms with Gasteiger partial charge in [-0.2, -0.15) is 5.10 Å². The maximum atomic E-state index is 12.5. The number of carbonyl (C=O) groups excluding carboxylic acids is 2. The maximum Gasteiger partial charge on any atom is 0.345 e. The molecule has 0 unspecified atom stereocenters. The highest BCUT2D eigenvalue weighted by molar-refractivity contribution is 5.92. The number of fused-ring (bicyclic) bond motifs is 1. The number of likely N-dealkylation sites (tertiary alicyclic amines) is 1. The summed E-state index contributed by atoms with van der Waals surface area (Å²) in [7, 11) is 1.54. The van der Waals surface area contributed by atoms with E-state index in [2.05, 4.69) is 60.6 Å². The average Bonchev–Trinajstić information content (AvgIpc) is 3.72. The van der Waals surface area contributed by atoms with Crippen LogP contribution in [0.2, 0.25) is 0 Å². The highest BCUT2D eigenvalue weighted by Crippen LogP contribution is 2.43. The molecule has 0 spiro atoms. The second kappa shape index (κ2) is 14.1. The number of esters is 1. The molecule has 2 heterocycles. The second-order valence-electron chi connectivity index (χ2n) is 12.7. The lowest BCUT2D eigenvalue weighted by Gasteiger charge is -2.34. The summed E-state index contributed by atoms with van der Waals surface area (Å²) in [6.07, 6.45) is 6.55. The summed E-state index contributed by atoms with van der Waals surface area (Å²) in [6.45, 7) is 7.23. The van der Waals surface area contributed by atoms with Gasteiger partial charge in [0, 0.05) is 13.1 Å². The van der Waals surface area contributed by atoms with Crippen molar-refractivity contribution in [3.8, 4) is 22.7 Å². The number of carbonyl (C=O) groups is 2. The number of nitrogens with zero attached hydrogens (tertiary/aromatic N) is 3. The average molecular weight is 636 g/mol. The van der Waals surface area contributed by atoms with E-state index in [4.69, 9.17) is 9.47 Å². The number of rotatable bonds is 10. The largest absolute Gasteiger partial charge is 0.480 e. The summed E-state index contributed by atoms with van der Waals surface area (Å²) in [6, 6.07) is 21.9. The van der Waals surface area contributed by atoms with Gasteiger partial charge in [0.2, 0.25) is 5.88 Å². The van der Waals surface area contributed by atoms with Gasteiger partial charge in [-0.1, -0.05) is 55.5 Å². The molecule has 8 nitrogen and oxygen atoms in total. The molecule has 1 aliphatic heterocycles. The monoisotopic (exact) mass is 635 g/mol. The summed E-state index contributed by atoms with van der Waals surface area (Å²) < 4.78 is 12.5. The minimum Gasteiger partial charge on any atom is -0.480 e. The molecule has 1 saturated heterocycles. The van der Waals surface area contributed by atoms with E-state index in [0.29, 0.717) is 36.4 Å². The summed E-state index contributed by atoms with van der Waals surface area (Å²) in [5.41, 5.74) is 10.4. The van der Waals surface area contributed by atoms with Crippen LogP contribution in [0.1, 0.15) is 90.0 Å². The molecule has 3 aromatic carbocycles. The van der Waals surface area contributed by atoms with Crippen molar-refractivity contribution in [2.45, 2.75) is 77.2 Å². The molecule has 0 radical (unpaired) electrons. The van der Waals surface area contributed by atoms with Crippen LogP contribution in [0, 0.1) is 0 Å². The van der Waals surface area contributed by atoms with Crippen molar-refractivity contribution < 1.29 is 24.2 Å². The number of aryl methyl sites for hydroxylation is 2. The zero-order chi connectivity index (χ0) is 33.1. The third kappa shape index (κ3) is 6.57. The van der Waals surface area contributed by atoms with Crippen LogP contribution in [0.5, 0.6) is 5.88 Å². The molecule has 6 rings (SSSR count). The summed E-state index contributed by atoms with van der Waals surface area (Å²) in [4.78, 5) is 26.6. The first-order chi connectivity index (χ1) is 22.8.